The number of nitrogens with one attached hydrogen (secondary N) is 2. The van der Waals surface area contributed by atoms with Gasteiger partial charge in [-0.15, -0.1) is 0 Å². The van der Waals surface area contributed by atoms with Crippen LogP contribution < -0.4 is 10.6 Å². The molecule has 0 saturated heterocycles. The van der Waals surface area contributed by atoms with Gasteiger partial charge in [-0.1, -0.05) is 0 Å². The standard InChI is InChI=1S/C8H13N4.Y/c1-6(7-9-2-3-10-7)8-11-4-5-12-8;/h2-5H2,1H3,(H,9,10)(H,11,12);/q-1;. The second kappa shape index (κ2) is 4.96. The first kappa shape index (κ1) is 11.0. The van der Waals surface area contributed by atoms with E-state index in [4.69, 9.17) is 0 Å². The molecule has 2 heterocycles. The maximum Gasteiger partial charge on any atom is 0.0551 e. The quantitative estimate of drug-likeness (QED) is 0.658. The number of amidine groups is 2. The zero-order valence-corrected chi connectivity index (χ0v) is 10.6. The Morgan fingerprint density at radius 3 is 1.85 bits per heavy atom. The van der Waals surface area contributed by atoms with Crippen molar-refractivity contribution in [3.63, 3.8) is 0 Å². The minimum absolute atomic E-state index is 0. The zero-order chi connectivity index (χ0) is 8.39. The van der Waals surface area contributed by atoms with E-state index in [0.29, 0.717) is 0 Å². The van der Waals surface area contributed by atoms with Crippen molar-refractivity contribution in [1.29, 1.82) is 0 Å². The predicted molar refractivity (Wildman–Crippen MR) is 49.5 cm³/mol. The summed E-state index contributed by atoms with van der Waals surface area (Å²) in [6.07, 6.45) is 0. The predicted octanol–water partition coefficient (Wildman–Crippen LogP) is -0.418. The van der Waals surface area contributed by atoms with Gasteiger partial charge < -0.3 is 20.6 Å². The van der Waals surface area contributed by atoms with Crippen LogP contribution in [0.1, 0.15) is 6.92 Å². The molecular weight excluding hydrogens is 241 g/mol. The molecule has 0 spiro atoms. The smallest absolute Gasteiger partial charge is 0.0551 e. The minimum atomic E-state index is 0. The third-order valence-electron chi connectivity index (χ3n) is 2.06. The molecule has 0 bridgehead atoms. The van der Waals surface area contributed by atoms with E-state index in [0.717, 1.165) is 43.8 Å². The van der Waals surface area contributed by atoms with Crippen LogP contribution in [0.15, 0.2) is 9.98 Å². The Morgan fingerprint density at radius 2 is 1.54 bits per heavy atom. The molecule has 2 N–H and O–H groups in total. The zero-order valence-electron chi connectivity index (χ0n) is 7.80. The van der Waals surface area contributed by atoms with Gasteiger partial charge in [0.2, 0.25) is 0 Å². The van der Waals surface area contributed by atoms with E-state index in [1.165, 1.54) is 0 Å². The molecule has 4 nitrogen and oxygen atoms in total. The molecule has 2 rings (SSSR count). The van der Waals surface area contributed by atoms with Gasteiger partial charge in [-0.3, -0.25) is 5.92 Å². The van der Waals surface area contributed by atoms with Crippen LogP contribution in [0.2, 0.25) is 0 Å². The summed E-state index contributed by atoms with van der Waals surface area (Å²) in [5.74, 6) is 3.15. The average Bonchev–Trinajstić information content (AvgIpc) is 2.77. The number of aliphatic imine (C=N–C) groups is 2. The van der Waals surface area contributed by atoms with Gasteiger partial charge >= 0.3 is 0 Å². The van der Waals surface area contributed by atoms with Crippen LogP contribution in [0.5, 0.6) is 0 Å². The van der Waals surface area contributed by atoms with Crippen LogP contribution in [0.25, 0.3) is 0 Å². The van der Waals surface area contributed by atoms with Gasteiger partial charge in [0, 0.05) is 45.8 Å². The maximum atomic E-state index is 4.33. The Morgan fingerprint density at radius 1 is 1.08 bits per heavy atom. The van der Waals surface area contributed by atoms with Crippen molar-refractivity contribution in [3.8, 4) is 0 Å². The summed E-state index contributed by atoms with van der Waals surface area (Å²) in [4.78, 5) is 8.66. The van der Waals surface area contributed by atoms with Gasteiger partial charge in [-0.25, -0.2) is 0 Å². The molecule has 69 valence electrons. The molecule has 0 fully saturated rings. The number of hydrogen-bond acceptors (Lipinski definition) is 4. The van der Waals surface area contributed by atoms with Gasteiger partial charge in [0.25, 0.3) is 0 Å². The first-order valence-electron chi connectivity index (χ1n) is 4.29. The molecule has 13 heavy (non-hydrogen) atoms. The molecule has 5 heteroatoms. The SMILES string of the molecule is C[C-](C1=NCCN1)C1=NCCN1.[Y]. The van der Waals surface area contributed by atoms with Crippen molar-refractivity contribution >= 4 is 11.7 Å². The monoisotopic (exact) mass is 254 g/mol. The Bertz CT molecular complexity index is 212. The second-order valence-corrected chi connectivity index (χ2v) is 2.94. The molecule has 0 aromatic rings. The average molecular weight is 254 g/mol. The van der Waals surface area contributed by atoms with E-state index >= 15 is 0 Å². The first-order valence-corrected chi connectivity index (χ1v) is 4.29. The summed E-state index contributed by atoms with van der Waals surface area (Å²) in [5.41, 5.74) is 0. The fraction of sp³-hybridized carbons (Fsp3) is 0.625. The molecular formula is C8H13N4Y-. The van der Waals surface area contributed by atoms with E-state index in [1.54, 1.807) is 0 Å². The van der Waals surface area contributed by atoms with Crippen LogP contribution in [0.4, 0.5) is 0 Å². The summed E-state index contributed by atoms with van der Waals surface area (Å²) >= 11 is 0. The van der Waals surface area contributed by atoms with Gasteiger partial charge in [0.15, 0.2) is 0 Å². The fourth-order valence-electron chi connectivity index (χ4n) is 1.41. The number of hydrogen-bond donors (Lipinski definition) is 2. The molecule has 2 aliphatic rings. The molecule has 0 aliphatic carbocycles. The molecule has 0 amide bonds. The summed E-state index contributed by atoms with van der Waals surface area (Å²) < 4.78 is 0. The Balaban J connectivity index is 0.000000845. The van der Waals surface area contributed by atoms with Gasteiger partial charge in [-0.05, 0) is 11.7 Å². The molecule has 0 saturated carbocycles. The largest absolute Gasteiger partial charge is 0.396 e. The van der Waals surface area contributed by atoms with Crippen LogP contribution in [0.3, 0.4) is 0 Å². The molecule has 0 aromatic carbocycles. The maximum absolute atomic E-state index is 4.33. The van der Waals surface area contributed by atoms with E-state index in [1.807, 2.05) is 6.92 Å². The van der Waals surface area contributed by atoms with Crippen LogP contribution in [-0.2, 0) is 32.7 Å². The van der Waals surface area contributed by atoms with Crippen molar-refractivity contribution in [2.24, 2.45) is 9.98 Å². The van der Waals surface area contributed by atoms with Gasteiger partial charge in [0.05, 0.1) is 13.1 Å². The van der Waals surface area contributed by atoms with E-state index in [-0.39, 0.29) is 32.7 Å². The Kier molecular flexibility index (Phi) is 4.19. The Hall–Kier alpha value is -0.0861. The molecule has 0 unspecified atom stereocenters. The normalized spacial score (nSPS) is 19.5. The summed E-state index contributed by atoms with van der Waals surface area (Å²) in [6.45, 7) is 5.74. The topological polar surface area (TPSA) is 48.8 Å². The fourth-order valence-corrected chi connectivity index (χ4v) is 1.41. The van der Waals surface area contributed by atoms with Gasteiger partial charge in [0.1, 0.15) is 0 Å². The summed E-state index contributed by atoms with van der Waals surface area (Å²) in [6, 6.07) is 0. The van der Waals surface area contributed by atoms with Crippen molar-refractivity contribution < 1.29 is 32.7 Å². The van der Waals surface area contributed by atoms with E-state index in [9.17, 15) is 0 Å². The summed E-state index contributed by atoms with van der Waals surface area (Å²) in [5, 5.41) is 6.45. The van der Waals surface area contributed by atoms with E-state index < -0.39 is 0 Å². The third kappa shape index (κ3) is 2.44. The second-order valence-electron chi connectivity index (χ2n) is 2.94. The summed E-state index contributed by atoms with van der Waals surface area (Å²) in [7, 11) is 0. The van der Waals surface area contributed by atoms with Gasteiger partial charge in [-0.2, -0.15) is 6.92 Å². The molecule has 2 aliphatic heterocycles. The number of nitrogens with zero attached hydrogens (tertiary/aromatic N) is 2. The molecule has 0 aromatic heterocycles. The minimum Gasteiger partial charge on any atom is -0.396 e. The van der Waals surface area contributed by atoms with Crippen LogP contribution in [-0.4, -0.2) is 37.9 Å². The third-order valence-corrected chi connectivity index (χ3v) is 2.06. The van der Waals surface area contributed by atoms with Crippen molar-refractivity contribution in [3.05, 3.63) is 5.92 Å². The van der Waals surface area contributed by atoms with E-state index in [2.05, 4.69) is 20.6 Å². The van der Waals surface area contributed by atoms with Crippen LogP contribution >= 0.6 is 0 Å². The Labute approximate surface area is 104 Å². The van der Waals surface area contributed by atoms with Crippen molar-refractivity contribution in [2.75, 3.05) is 26.2 Å². The first-order chi connectivity index (χ1) is 5.88. The van der Waals surface area contributed by atoms with Crippen molar-refractivity contribution in [1.82, 2.24) is 10.6 Å². The van der Waals surface area contributed by atoms with Crippen molar-refractivity contribution in [2.45, 2.75) is 6.92 Å². The molecule has 1 radical (unpaired) electrons. The number of rotatable bonds is 2. The van der Waals surface area contributed by atoms with Crippen LogP contribution in [0, 0.1) is 5.92 Å². The molecule has 0 atom stereocenters.